The van der Waals surface area contributed by atoms with Crippen molar-refractivity contribution in [2.75, 3.05) is 13.1 Å². The molecule has 0 spiro atoms. The predicted molar refractivity (Wildman–Crippen MR) is 165 cm³/mol. The van der Waals surface area contributed by atoms with Gasteiger partial charge in [-0.3, -0.25) is 40.8 Å². The van der Waals surface area contributed by atoms with Crippen LogP contribution < -0.4 is 29.5 Å². The molecule has 18 heteroatoms. The Labute approximate surface area is 290 Å². The number of aromatic nitrogens is 4. The minimum absolute atomic E-state index is 0. The summed E-state index contributed by atoms with van der Waals surface area (Å²) in [6.45, 7) is 5.06. The Morgan fingerprint density at radius 1 is 0.587 bits per heavy atom. The van der Waals surface area contributed by atoms with Crippen molar-refractivity contribution in [3.05, 3.63) is 120 Å². The number of nitrogens with zero attached hydrogens (tertiary/aromatic N) is 8. The maximum Gasteiger partial charge on any atom is 3.00 e. The number of rotatable bonds is 8. The third kappa shape index (κ3) is 16.9. The average molecular weight is 724 g/mol. The Morgan fingerprint density at radius 3 is 1.04 bits per heavy atom. The maximum absolute atomic E-state index is 8.49. The SMILES string of the molecule is CCN=C([S-])NN=C(c1ccccn1)c1ccccn1.CCN=C([S-])NN=C(c1ccccn1)c1ccccn1.[Fe+3].[O-][Cl+3]([O-])([O-])[O-]. The Bertz CT molecular complexity index is 1340. The fourth-order valence-corrected chi connectivity index (χ4v) is 3.42. The number of hydrogen-bond acceptors (Lipinski definition) is 14. The van der Waals surface area contributed by atoms with Gasteiger partial charge in [0.1, 0.15) is 11.4 Å². The van der Waals surface area contributed by atoms with Crippen LogP contribution in [0.2, 0.25) is 0 Å². The monoisotopic (exact) mass is 723 g/mol. The van der Waals surface area contributed by atoms with Crippen molar-refractivity contribution in [1.29, 1.82) is 0 Å². The zero-order valence-corrected chi connectivity index (χ0v) is 27.9. The first-order chi connectivity index (χ1) is 21.6. The first-order valence-electron chi connectivity index (χ1n) is 13.0. The summed E-state index contributed by atoms with van der Waals surface area (Å²) in [6, 6.07) is 22.5. The van der Waals surface area contributed by atoms with Crippen LogP contribution in [0.5, 0.6) is 0 Å². The number of halogens is 1. The summed E-state index contributed by atoms with van der Waals surface area (Å²) in [7, 11) is -4.94. The van der Waals surface area contributed by atoms with Gasteiger partial charge in [-0.25, -0.2) is 18.6 Å². The molecule has 0 aliphatic carbocycles. The van der Waals surface area contributed by atoms with Crippen molar-refractivity contribution in [3.8, 4) is 0 Å². The number of pyridine rings is 4. The quantitative estimate of drug-likeness (QED) is 0.0715. The summed E-state index contributed by atoms with van der Waals surface area (Å²) in [6.07, 6.45) is 6.84. The van der Waals surface area contributed by atoms with Gasteiger partial charge in [-0.15, -0.1) is 10.2 Å². The van der Waals surface area contributed by atoms with Crippen LogP contribution in [0.15, 0.2) is 118 Å². The van der Waals surface area contributed by atoms with E-state index in [-0.39, 0.29) is 17.1 Å². The molecule has 0 saturated carbocycles. The number of nitrogens with one attached hydrogen (secondary N) is 2. The standard InChI is InChI=1S/2C14H15N5S.ClHO4.Fe/c2*1-2-15-14(20)19-18-13(11-7-3-5-9-16-11)12-8-4-6-10-17-12;2-1(3,4)5;/h2*3-10H,2H2,1H3,(H2,15,19,20);(H,2,3,4,5);/q;;;+3/p-3. The van der Waals surface area contributed by atoms with Gasteiger partial charge in [-0.1, -0.05) is 24.3 Å². The second-order valence-electron chi connectivity index (χ2n) is 7.94. The summed E-state index contributed by atoms with van der Waals surface area (Å²) < 4.78 is 34.0. The summed E-state index contributed by atoms with van der Waals surface area (Å²) in [5, 5.41) is 9.27. The van der Waals surface area contributed by atoms with Crippen LogP contribution >= 0.6 is 0 Å². The minimum Gasteiger partial charge on any atom is -0.741 e. The topological polar surface area (TPSA) is 217 Å². The van der Waals surface area contributed by atoms with Gasteiger partial charge in [-0.2, -0.15) is 10.2 Å². The van der Waals surface area contributed by atoms with Crippen LogP contribution in [-0.4, -0.2) is 54.8 Å². The van der Waals surface area contributed by atoms with Gasteiger partial charge in [0, 0.05) is 37.9 Å². The summed E-state index contributed by atoms with van der Waals surface area (Å²) in [5.41, 5.74) is 9.64. The van der Waals surface area contributed by atoms with Gasteiger partial charge in [0.15, 0.2) is 0 Å². The zero-order valence-electron chi connectivity index (χ0n) is 24.4. The van der Waals surface area contributed by atoms with Gasteiger partial charge < -0.3 is 25.3 Å². The smallest absolute Gasteiger partial charge is 0.741 e. The largest absolute Gasteiger partial charge is 3.00 e. The van der Waals surface area contributed by atoms with Crippen molar-refractivity contribution >= 4 is 47.0 Å². The maximum atomic E-state index is 8.49. The van der Waals surface area contributed by atoms with E-state index >= 15 is 0 Å². The van der Waals surface area contributed by atoms with E-state index in [0.29, 0.717) is 34.8 Å². The van der Waals surface area contributed by atoms with Crippen LogP contribution in [0.4, 0.5) is 0 Å². The van der Waals surface area contributed by atoms with E-state index in [9.17, 15) is 0 Å². The van der Waals surface area contributed by atoms with Crippen LogP contribution in [-0.2, 0) is 42.3 Å². The molecular formula is C28H28ClFeN10O4S2. The van der Waals surface area contributed by atoms with E-state index in [2.05, 4.69) is 51.0 Å². The van der Waals surface area contributed by atoms with E-state index < -0.39 is 10.2 Å². The number of hydrazone groups is 2. The average Bonchev–Trinajstić information content (AvgIpc) is 3.03. The fraction of sp³-hybridized carbons (Fsp3) is 0.143. The van der Waals surface area contributed by atoms with E-state index in [1.165, 1.54) is 0 Å². The van der Waals surface area contributed by atoms with E-state index in [1.807, 2.05) is 86.6 Å². The van der Waals surface area contributed by atoms with Gasteiger partial charge in [0.05, 0.1) is 22.8 Å². The molecule has 4 aromatic rings. The molecule has 0 fully saturated rings. The Morgan fingerprint density at radius 2 is 0.848 bits per heavy atom. The molecule has 2 N–H and O–H groups in total. The molecule has 0 atom stereocenters. The molecule has 14 nitrogen and oxygen atoms in total. The summed E-state index contributed by atoms with van der Waals surface area (Å²) >= 11 is 10.1. The predicted octanol–water partition coefficient (Wildman–Crippen LogP) is -1.28. The molecule has 0 bridgehead atoms. The second-order valence-corrected chi connectivity index (χ2v) is 9.47. The zero-order chi connectivity index (χ0) is 32.9. The summed E-state index contributed by atoms with van der Waals surface area (Å²) in [5.74, 6) is 0. The fourth-order valence-electron chi connectivity index (χ4n) is 3.07. The number of hydrogen-bond donors (Lipinski definition) is 2. The molecule has 1 radical (unpaired) electrons. The van der Waals surface area contributed by atoms with Crippen molar-refractivity contribution in [3.63, 3.8) is 0 Å². The molecule has 0 saturated heterocycles. The first-order valence-corrected chi connectivity index (χ1v) is 15.0. The third-order valence-electron chi connectivity index (χ3n) is 4.76. The molecule has 46 heavy (non-hydrogen) atoms. The van der Waals surface area contributed by atoms with Crippen LogP contribution in [0.25, 0.3) is 0 Å². The van der Waals surface area contributed by atoms with Crippen LogP contribution in [0, 0.1) is 10.2 Å². The van der Waals surface area contributed by atoms with Gasteiger partial charge in [0.2, 0.25) is 0 Å². The molecule has 241 valence electrons. The third-order valence-corrected chi connectivity index (χ3v) is 5.20. The Kier molecular flexibility index (Phi) is 19.5. The molecule has 0 aliphatic heterocycles. The molecule has 0 unspecified atom stereocenters. The number of amidine groups is 2. The van der Waals surface area contributed by atoms with Gasteiger partial charge >= 0.3 is 17.1 Å². The van der Waals surface area contributed by atoms with Crippen LogP contribution in [0.1, 0.15) is 36.6 Å². The summed E-state index contributed by atoms with van der Waals surface area (Å²) in [4.78, 5) is 25.3. The Balaban J connectivity index is 0.000000394. The molecule has 0 aromatic carbocycles. The van der Waals surface area contributed by atoms with Crippen molar-refractivity contribution < 1.29 is 45.9 Å². The van der Waals surface area contributed by atoms with Crippen molar-refractivity contribution in [2.45, 2.75) is 13.8 Å². The second kappa shape index (κ2) is 22.5. The van der Waals surface area contributed by atoms with Crippen molar-refractivity contribution in [2.24, 2.45) is 20.2 Å². The molecule has 4 aromatic heterocycles. The van der Waals surface area contributed by atoms with Crippen molar-refractivity contribution in [1.82, 2.24) is 30.8 Å². The van der Waals surface area contributed by atoms with E-state index in [4.69, 9.17) is 43.9 Å². The minimum atomic E-state index is -4.94. The van der Waals surface area contributed by atoms with Crippen LogP contribution in [0.3, 0.4) is 0 Å². The first kappa shape index (κ1) is 40.0. The Hall–Kier alpha value is -4.03. The van der Waals surface area contributed by atoms with E-state index in [0.717, 1.165) is 22.8 Å². The molecule has 4 heterocycles. The molecule has 4 rings (SSSR count). The van der Waals surface area contributed by atoms with Gasteiger partial charge in [-0.05, 0) is 72.7 Å². The van der Waals surface area contributed by atoms with Gasteiger partial charge in [0.25, 0.3) is 0 Å². The molecular weight excluding hydrogens is 696 g/mol. The molecule has 0 aliphatic rings. The molecule has 0 amide bonds. The number of aliphatic imine (C=N–C) groups is 2. The van der Waals surface area contributed by atoms with E-state index in [1.54, 1.807) is 24.8 Å². The normalized spacial score (nSPS) is 10.8.